The smallest absolute Gasteiger partial charge is 0.0628 e. The fourth-order valence-corrected chi connectivity index (χ4v) is 4.82. The predicted octanol–water partition coefficient (Wildman–Crippen LogP) is 1.15. The second-order valence-electron chi connectivity index (χ2n) is 7.59. The van der Waals surface area contributed by atoms with Gasteiger partial charge in [0.15, 0.2) is 0 Å². The number of aliphatic hydroxyl groups is 1. The van der Waals surface area contributed by atoms with E-state index >= 15 is 0 Å². The van der Waals surface area contributed by atoms with Gasteiger partial charge in [0.25, 0.3) is 0 Å². The average Bonchev–Trinajstić information content (AvgIpc) is 3.32. The molecule has 0 spiro atoms. The second-order valence-corrected chi connectivity index (χ2v) is 7.59. The summed E-state index contributed by atoms with van der Waals surface area (Å²) in [6.45, 7) is 8.15. The highest BCUT2D eigenvalue weighted by Crippen LogP contribution is 2.41. The molecule has 4 heteroatoms. The Kier molecular flexibility index (Phi) is 4.89. The van der Waals surface area contributed by atoms with E-state index in [0.29, 0.717) is 5.92 Å². The number of likely N-dealkylation sites (tertiary alicyclic amines) is 2. The molecule has 4 nitrogen and oxygen atoms in total. The molecule has 2 saturated heterocycles. The van der Waals surface area contributed by atoms with Crippen LogP contribution in [0.15, 0.2) is 0 Å². The van der Waals surface area contributed by atoms with E-state index in [4.69, 9.17) is 0 Å². The molecule has 0 bridgehead atoms. The Labute approximate surface area is 129 Å². The molecule has 2 heterocycles. The molecular weight excluding hydrogens is 262 g/mol. The maximum atomic E-state index is 10.0. The van der Waals surface area contributed by atoms with Crippen LogP contribution in [0.3, 0.4) is 0 Å². The summed E-state index contributed by atoms with van der Waals surface area (Å²) in [5.41, 5.74) is -0.0395. The molecule has 0 aromatic carbocycles. The van der Waals surface area contributed by atoms with Crippen molar-refractivity contribution in [2.24, 2.45) is 11.8 Å². The molecular formula is C17H33N3O. The molecule has 3 aliphatic rings. The van der Waals surface area contributed by atoms with E-state index in [0.717, 1.165) is 25.0 Å². The number of fused-ring (bicyclic) bond motifs is 1. The minimum Gasteiger partial charge on any atom is -0.394 e. The molecule has 3 rings (SSSR count). The molecule has 0 amide bonds. The lowest BCUT2D eigenvalue weighted by molar-refractivity contribution is 0.0132. The van der Waals surface area contributed by atoms with Crippen LogP contribution in [0.2, 0.25) is 0 Å². The van der Waals surface area contributed by atoms with E-state index < -0.39 is 0 Å². The normalized spacial score (nSPS) is 34.4. The fraction of sp³-hybridized carbons (Fsp3) is 1.00. The zero-order valence-electron chi connectivity index (χ0n) is 13.9. The summed E-state index contributed by atoms with van der Waals surface area (Å²) in [4.78, 5) is 5.22. The quantitative estimate of drug-likeness (QED) is 0.771. The molecule has 0 aromatic heterocycles. The minimum absolute atomic E-state index is 0.0395. The Balaban J connectivity index is 1.62. The van der Waals surface area contributed by atoms with Crippen LogP contribution in [0.25, 0.3) is 0 Å². The third kappa shape index (κ3) is 3.29. The molecule has 1 aliphatic carbocycles. The van der Waals surface area contributed by atoms with Crippen molar-refractivity contribution in [1.82, 2.24) is 15.1 Å². The molecule has 3 unspecified atom stereocenters. The third-order valence-electron chi connectivity index (χ3n) is 6.11. The van der Waals surface area contributed by atoms with Gasteiger partial charge in [0.05, 0.1) is 12.1 Å². The maximum absolute atomic E-state index is 10.0. The first-order valence-corrected chi connectivity index (χ1v) is 8.97. The Morgan fingerprint density at radius 2 is 2.00 bits per heavy atom. The highest BCUT2D eigenvalue weighted by atomic mass is 16.3. The Morgan fingerprint density at radius 3 is 2.67 bits per heavy atom. The zero-order valence-corrected chi connectivity index (χ0v) is 13.9. The molecule has 3 atom stereocenters. The highest BCUT2D eigenvalue weighted by Gasteiger charge is 2.46. The van der Waals surface area contributed by atoms with Crippen molar-refractivity contribution in [2.45, 2.75) is 50.6 Å². The van der Waals surface area contributed by atoms with E-state index in [1.807, 2.05) is 0 Å². The van der Waals surface area contributed by atoms with Crippen molar-refractivity contribution in [3.05, 3.63) is 0 Å². The van der Waals surface area contributed by atoms with Gasteiger partial charge < -0.3 is 20.2 Å². The van der Waals surface area contributed by atoms with Gasteiger partial charge in [-0.1, -0.05) is 6.92 Å². The van der Waals surface area contributed by atoms with Gasteiger partial charge >= 0.3 is 0 Å². The largest absolute Gasteiger partial charge is 0.394 e. The number of aliphatic hydroxyl groups excluding tert-OH is 1. The number of likely N-dealkylation sites (N-methyl/N-ethyl adjacent to an activating group) is 1. The first-order valence-electron chi connectivity index (χ1n) is 8.97. The monoisotopic (exact) mass is 295 g/mol. The van der Waals surface area contributed by atoms with Crippen molar-refractivity contribution in [3.8, 4) is 0 Å². The van der Waals surface area contributed by atoms with Crippen molar-refractivity contribution >= 4 is 0 Å². The van der Waals surface area contributed by atoms with Crippen LogP contribution in [-0.2, 0) is 0 Å². The van der Waals surface area contributed by atoms with Gasteiger partial charge in [-0.25, -0.2) is 0 Å². The van der Waals surface area contributed by atoms with Crippen LogP contribution >= 0.6 is 0 Å². The maximum Gasteiger partial charge on any atom is 0.0628 e. The molecule has 0 radical (unpaired) electrons. The fourth-order valence-electron chi connectivity index (χ4n) is 4.82. The molecule has 21 heavy (non-hydrogen) atoms. The van der Waals surface area contributed by atoms with Gasteiger partial charge in [-0.05, 0) is 70.6 Å². The van der Waals surface area contributed by atoms with Crippen LogP contribution in [-0.4, -0.2) is 72.9 Å². The standard InChI is InChI=1S/C17H33N3O/c1-3-18-17(13-21,15-6-7-15)12-20-10-8-16-14(11-20)5-4-9-19(16)2/h14-16,18,21H,3-13H2,1-2H3. The molecule has 2 aliphatic heterocycles. The van der Waals surface area contributed by atoms with Gasteiger partial charge in [-0.3, -0.25) is 0 Å². The van der Waals surface area contributed by atoms with Crippen LogP contribution in [0.4, 0.5) is 0 Å². The van der Waals surface area contributed by atoms with E-state index in [-0.39, 0.29) is 12.1 Å². The predicted molar refractivity (Wildman–Crippen MR) is 86.4 cm³/mol. The number of nitrogens with zero attached hydrogens (tertiary/aromatic N) is 2. The van der Waals surface area contributed by atoms with Crippen molar-refractivity contribution in [1.29, 1.82) is 0 Å². The van der Waals surface area contributed by atoms with E-state index in [1.54, 1.807) is 0 Å². The number of rotatable bonds is 6. The molecule has 2 N–H and O–H groups in total. The third-order valence-corrected chi connectivity index (χ3v) is 6.11. The van der Waals surface area contributed by atoms with Gasteiger partial charge in [0.2, 0.25) is 0 Å². The SMILES string of the molecule is CCNC(CO)(CN1CCC2C(CCCN2C)C1)C1CC1. The van der Waals surface area contributed by atoms with Crippen LogP contribution in [0.1, 0.15) is 39.0 Å². The van der Waals surface area contributed by atoms with E-state index in [2.05, 4.69) is 29.1 Å². The van der Waals surface area contributed by atoms with Gasteiger partial charge in [0, 0.05) is 19.1 Å². The minimum atomic E-state index is -0.0395. The van der Waals surface area contributed by atoms with Crippen LogP contribution in [0, 0.1) is 11.8 Å². The van der Waals surface area contributed by atoms with E-state index in [9.17, 15) is 5.11 Å². The Hall–Kier alpha value is -0.160. The number of piperidine rings is 2. The lowest BCUT2D eigenvalue weighted by Crippen LogP contribution is -2.61. The highest BCUT2D eigenvalue weighted by molar-refractivity contribution is 5.03. The summed E-state index contributed by atoms with van der Waals surface area (Å²) >= 11 is 0. The van der Waals surface area contributed by atoms with Crippen molar-refractivity contribution < 1.29 is 5.11 Å². The van der Waals surface area contributed by atoms with Crippen molar-refractivity contribution in [3.63, 3.8) is 0 Å². The van der Waals surface area contributed by atoms with Crippen molar-refractivity contribution in [2.75, 3.05) is 46.4 Å². The molecule has 122 valence electrons. The van der Waals surface area contributed by atoms with Gasteiger partial charge in [-0.2, -0.15) is 0 Å². The van der Waals surface area contributed by atoms with Gasteiger partial charge in [0.1, 0.15) is 0 Å². The Bertz CT molecular complexity index is 347. The summed E-state index contributed by atoms with van der Waals surface area (Å²) < 4.78 is 0. The van der Waals surface area contributed by atoms with Crippen LogP contribution in [0.5, 0.6) is 0 Å². The summed E-state index contributed by atoms with van der Waals surface area (Å²) in [6, 6.07) is 0.804. The first-order chi connectivity index (χ1) is 10.2. The summed E-state index contributed by atoms with van der Waals surface area (Å²) in [6.07, 6.45) is 6.63. The lowest BCUT2D eigenvalue weighted by Gasteiger charge is -2.48. The zero-order chi connectivity index (χ0) is 14.9. The number of hydrogen-bond acceptors (Lipinski definition) is 4. The number of hydrogen-bond donors (Lipinski definition) is 2. The van der Waals surface area contributed by atoms with E-state index in [1.165, 1.54) is 51.7 Å². The summed E-state index contributed by atoms with van der Waals surface area (Å²) in [7, 11) is 2.30. The number of nitrogens with one attached hydrogen (secondary N) is 1. The first kappa shape index (κ1) is 15.7. The van der Waals surface area contributed by atoms with Crippen LogP contribution < -0.4 is 5.32 Å². The average molecular weight is 295 g/mol. The lowest BCUT2D eigenvalue weighted by atomic mass is 9.83. The van der Waals surface area contributed by atoms with Gasteiger partial charge in [-0.15, -0.1) is 0 Å². The molecule has 1 saturated carbocycles. The molecule has 0 aromatic rings. The second kappa shape index (κ2) is 6.53. The summed E-state index contributed by atoms with van der Waals surface area (Å²) in [5.74, 6) is 1.53. The molecule has 3 fully saturated rings. The topological polar surface area (TPSA) is 38.7 Å². The summed E-state index contributed by atoms with van der Waals surface area (Å²) in [5, 5.41) is 13.7. The Morgan fingerprint density at radius 1 is 1.19 bits per heavy atom.